The smallest absolute Gasteiger partial charge is 0.416 e. The van der Waals surface area contributed by atoms with E-state index >= 15 is 0 Å². The Morgan fingerprint density at radius 1 is 1.13 bits per heavy atom. The number of aromatic nitrogens is 4. The average molecular weight is 436 g/mol. The van der Waals surface area contributed by atoms with E-state index in [9.17, 15) is 18.0 Å². The lowest BCUT2D eigenvalue weighted by Gasteiger charge is -2.19. The fraction of sp³-hybridized carbons (Fsp3) is 0.300. The van der Waals surface area contributed by atoms with Gasteiger partial charge in [0, 0.05) is 18.0 Å². The summed E-state index contributed by atoms with van der Waals surface area (Å²) in [4.78, 5) is 16.1. The highest BCUT2D eigenvalue weighted by molar-refractivity contribution is 7.99. The van der Waals surface area contributed by atoms with E-state index in [4.69, 9.17) is 4.74 Å². The van der Waals surface area contributed by atoms with Gasteiger partial charge in [0.05, 0.1) is 17.0 Å². The zero-order valence-corrected chi connectivity index (χ0v) is 17.3. The molecule has 0 saturated carbocycles. The van der Waals surface area contributed by atoms with E-state index in [1.54, 1.807) is 39.1 Å². The summed E-state index contributed by atoms with van der Waals surface area (Å²) in [5.74, 6) is -0.218. The summed E-state index contributed by atoms with van der Waals surface area (Å²) < 4.78 is 46.4. The van der Waals surface area contributed by atoms with E-state index < -0.39 is 23.3 Å². The molecule has 0 N–H and O–H groups in total. The Hall–Kier alpha value is -2.88. The number of halogens is 3. The second-order valence-corrected chi connectivity index (χ2v) is 8.25. The monoisotopic (exact) mass is 436 g/mol. The highest BCUT2D eigenvalue weighted by Gasteiger charge is 2.31. The van der Waals surface area contributed by atoms with E-state index in [2.05, 4.69) is 15.2 Å². The molecular formula is C20H19F3N4O2S. The Labute approximate surface area is 175 Å². The van der Waals surface area contributed by atoms with Gasteiger partial charge in [0.25, 0.3) is 0 Å². The Kier molecular flexibility index (Phi) is 6.16. The largest absolute Gasteiger partial charge is 0.459 e. The summed E-state index contributed by atoms with van der Waals surface area (Å²) in [6, 6.07) is 8.26. The zero-order valence-electron chi connectivity index (χ0n) is 16.5. The van der Waals surface area contributed by atoms with E-state index in [1.165, 1.54) is 22.9 Å². The van der Waals surface area contributed by atoms with Gasteiger partial charge in [0.1, 0.15) is 5.60 Å². The van der Waals surface area contributed by atoms with Crippen LogP contribution in [0.4, 0.5) is 13.2 Å². The molecule has 0 bridgehead atoms. The third kappa shape index (κ3) is 5.38. The van der Waals surface area contributed by atoms with Crippen molar-refractivity contribution in [1.29, 1.82) is 0 Å². The zero-order chi connectivity index (χ0) is 21.9. The minimum Gasteiger partial charge on any atom is -0.459 e. The molecule has 10 heteroatoms. The van der Waals surface area contributed by atoms with Crippen molar-refractivity contribution >= 4 is 17.7 Å². The number of rotatable bonds is 5. The number of carbonyl (C=O) groups is 1. The van der Waals surface area contributed by atoms with Crippen molar-refractivity contribution in [2.45, 2.75) is 37.7 Å². The summed E-state index contributed by atoms with van der Waals surface area (Å²) in [6.45, 7) is 5.25. The van der Waals surface area contributed by atoms with Crippen molar-refractivity contribution in [2.24, 2.45) is 0 Å². The highest BCUT2D eigenvalue weighted by Crippen LogP contribution is 2.33. The number of thioether (sulfide) groups is 1. The van der Waals surface area contributed by atoms with Crippen molar-refractivity contribution < 1.29 is 22.7 Å². The summed E-state index contributed by atoms with van der Waals surface area (Å²) in [6.07, 6.45) is -1.38. The maximum Gasteiger partial charge on any atom is 0.416 e. The lowest BCUT2D eigenvalue weighted by atomic mass is 10.2. The van der Waals surface area contributed by atoms with Crippen LogP contribution in [0.3, 0.4) is 0 Å². The molecule has 0 aliphatic rings. The van der Waals surface area contributed by atoms with E-state index in [1.807, 2.05) is 0 Å². The van der Waals surface area contributed by atoms with E-state index in [0.29, 0.717) is 11.4 Å². The fourth-order valence-corrected chi connectivity index (χ4v) is 3.32. The van der Waals surface area contributed by atoms with E-state index in [-0.39, 0.29) is 16.6 Å². The van der Waals surface area contributed by atoms with Crippen LogP contribution in [0.1, 0.15) is 26.3 Å². The number of hydrogen-bond acceptors (Lipinski definition) is 6. The maximum absolute atomic E-state index is 13.2. The molecule has 3 aromatic rings. The summed E-state index contributed by atoms with van der Waals surface area (Å²) in [7, 11) is 0. The number of pyridine rings is 1. The number of ether oxygens (including phenoxy) is 1. The number of nitrogens with zero attached hydrogens (tertiary/aromatic N) is 4. The van der Waals surface area contributed by atoms with Crippen LogP contribution in [-0.4, -0.2) is 37.1 Å². The van der Waals surface area contributed by atoms with Crippen LogP contribution in [0.25, 0.3) is 17.1 Å². The van der Waals surface area contributed by atoms with Crippen LogP contribution < -0.4 is 0 Å². The van der Waals surface area contributed by atoms with Crippen molar-refractivity contribution in [3.8, 4) is 17.1 Å². The quantitative estimate of drug-likeness (QED) is 0.423. The van der Waals surface area contributed by atoms with Gasteiger partial charge in [-0.25, -0.2) is 0 Å². The van der Waals surface area contributed by atoms with Crippen LogP contribution in [0.2, 0.25) is 0 Å². The molecule has 0 amide bonds. The van der Waals surface area contributed by atoms with Crippen molar-refractivity contribution in [3.05, 3.63) is 54.4 Å². The van der Waals surface area contributed by atoms with Gasteiger partial charge in [0.2, 0.25) is 0 Å². The van der Waals surface area contributed by atoms with Gasteiger partial charge in [-0.3, -0.25) is 14.3 Å². The molecule has 0 aliphatic carbocycles. The third-order valence-electron chi connectivity index (χ3n) is 3.72. The molecule has 30 heavy (non-hydrogen) atoms. The van der Waals surface area contributed by atoms with Gasteiger partial charge in [-0.05, 0) is 51.1 Å². The molecule has 1 aromatic carbocycles. The minimum atomic E-state index is -4.50. The molecule has 0 aliphatic heterocycles. The van der Waals surface area contributed by atoms with Crippen molar-refractivity contribution in [2.75, 3.05) is 5.75 Å². The van der Waals surface area contributed by atoms with Crippen LogP contribution in [-0.2, 0) is 15.7 Å². The summed E-state index contributed by atoms with van der Waals surface area (Å²) >= 11 is 1.03. The van der Waals surface area contributed by atoms with Gasteiger partial charge in [0.15, 0.2) is 11.0 Å². The van der Waals surface area contributed by atoms with Gasteiger partial charge in [-0.1, -0.05) is 17.8 Å². The number of hydrogen-bond donors (Lipinski definition) is 0. The lowest BCUT2D eigenvalue weighted by molar-refractivity contribution is -0.151. The molecular weight excluding hydrogens is 417 g/mol. The number of esters is 1. The second kappa shape index (κ2) is 8.47. The first-order valence-electron chi connectivity index (χ1n) is 8.93. The normalized spacial score (nSPS) is 12.1. The fourth-order valence-electron chi connectivity index (χ4n) is 2.59. The summed E-state index contributed by atoms with van der Waals surface area (Å²) in [5, 5.41) is 8.48. The van der Waals surface area contributed by atoms with Gasteiger partial charge < -0.3 is 4.74 Å². The maximum atomic E-state index is 13.2. The number of benzene rings is 1. The molecule has 0 spiro atoms. The molecule has 0 saturated heterocycles. The Morgan fingerprint density at radius 2 is 1.90 bits per heavy atom. The van der Waals surface area contributed by atoms with Crippen LogP contribution in [0.15, 0.2) is 53.9 Å². The predicted molar refractivity (Wildman–Crippen MR) is 106 cm³/mol. The average Bonchev–Trinajstić information content (AvgIpc) is 3.09. The molecule has 6 nitrogen and oxygen atoms in total. The Bertz CT molecular complexity index is 1030. The SMILES string of the molecule is CC(C)(C)OC(=O)CSc1nnc(-c2cccnc2)n1-c1cccc(C(F)(F)F)c1. The Balaban J connectivity index is 2.01. The van der Waals surface area contributed by atoms with Crippen molar-refractivity contribution in [1.82, 2.24) is 19.7 Å². The van der Waals surface area contributed by atoms with Crippen LogP contribution in [0.5, 0.6) is 0 Å². The molecule has 158 valence electrons. The molecule has 3 rings (SSSR count). The van der Waals surface area contributed by atoms with Crippen LogP contribution >= 0.6 is 11.8 Å². The predicted octanol–water partition coefficient (Wildman–Crippen LogP) is 4.78. The minimum absolute atomic E-state index is 0.0681. The van der Waals surface area contributed by atoms with Gasteiger partial charge in [-0.2, -0.15) is 13.2 Å². The number of alkyl halides is 3. The highest BCUT2D eigenvalue weighted by atomic mass is 32.2. The molecule has 0 radical (unpaired) electrons. The van der Waals surface area contributed by atoms with Crippen LogP contribution in [0, 0.1) is 0 Å². The van der Waals surface area contributed by atoms with E-state index in [0.717, 1.165) is 23.9 Å². The molecule has 0 atom stereocenters. The third-order valence-corrected chi connectivity index (χ3v) is 4.63. The summed E-state index contributed by atoms with van der Waals surface area (Å²) in [5.41, 5.74) is -0.645. The van der Waals surface area contributed by atoms with Gasteiger partial charge in [-0.15, -0.1) is 10.2 Å². The first kappa shape index (κ1) is 21.8. The lowest BCUT2D eigenvalue weighted by Crippen LogP contribution is -2.25. The standard InChI is InChI=1S/C20H19F3N4O2S/c1-19(2,3)29-16(28)12-30-18-26-25-17(13-6-5-9-24-11-13)27(18)15-8-4-7-14(10-15)20(21,22)23/h4-11H,12H2,1-3H3. The first-order valence-corrected chi connectivity index (χ1v) is 9.91. The molecule has 0 unspecified atom stereocenters. The Morgan fingerprint density at radius 3 is 2.53 bits per heavy atom. The molecule has 2 aromatic heterocycles. The van der Waals surface area contributed by atoms with Crippen molar-refractivity contribution in [3.63, 3.8) is 0 Å². The topological polar surface area (TPSA) is 69.9 Å². The molecule has 0 fully saturated rings. The first-order chi connectivity index (χ1) is 14.0. The van der Waals surface area contributed by atoms with Gasteiger partial charge >= 0.3 is 12.1 Å². The second-order valence-electron chi connectivity index (χ2n) is 7.31. The number of carbonyl (C=O) groups excluding carboxylic acids is 1. The molecule has 2 heterocycles.